The standard InChI is InChI=1S/C14H24N2O3/c1-13(2,3)19-12(18)16-8-6-14(11-15,7-9-16)5-4-10-17/h17H,4-10H2,1-3H3. The maximum Gasteiger partial charge on any atom is 0.410 e. The van der Waals surface area contributed by atoms with Crippen LogP contribution in [0.25, 0.3) is 0 Å². The van der Waals surface area contributed by atoms with Gasteiger partial charge in [-0.05, 0) is 46.5 Å². The maximum absolute atomic E-state index is 11.9. The number of likely N-dealkylation sites (tertiary alicyclic amines) is 1. The van der Waals surface area contributed by atoms with Crippen molar-refractivity contribution in [1.29, 1.82) is 5.26 Å². The molecule has 1 rings (SSSR count). The van der Waals surface area contributed by atoms with Gasteiger partial charge < -0.3 is 14.7 Å². The molecule has 1 aliphatic heterocycles. The fourth-order valence-corrected chi connectivity index (χ4v) is 2.28. The van der Waals surface area contributed by atoms with Gasteiger partial charge in [-0.3, -0.25) is 0 Å². The highest BCUT2D eigenvalue weighted by molar-refractivity contribution is 5.68. The highest BCUT2D eigenvalue weighted by Gasteiger charge is 2.36. The topological polar surface area (TPSA) is 73.6 Å². The summed E-state index contributed by atoms with van der Waals surface area (Å²) in [5, 5.41) is 18.2. The smallest absolute Gasteiger partial charge is 0.410 e. The summed E-state index contributed by atoms with van der Waals surface area (Å²) >= 11 is 0. The monoisotopic (exact) mass is 268 g/mol. The van der Waals surface area contributed by atoms with Crippen LogP contribution in [0.2, 0.25) is 0 Å². The van der Waals surface area contributed by atoms with Crippen LogP contribution in [0.3, 0.4) is 0 Å². The maximum atomic E-state index is 11.9. The van der Waals surface area contributed by atoms with E-state index in [1.54, 1.807) is 4.90 Å². The lowest BCUT2D eigenvalue weighted by Gasteiger charge is -2.37. The summed E-state index contributed by atoms with van der Waals surface area (Å²) in [5.41, 5.74) is -0.876. The Morgan fingerprint density at radius 3 is 2.42 bits per heavy atom. The van der Waals surface area contributed by atoms with Crippen molar-refractivity contribution in [3.63, 3.8) is 0 Å². The average Bonchev–Trinajstić information content (AvgIpc) is 2.35. The fraction of sp³-hybridized carbons (Fsp3) is 0.857. The summed E-state index contributed by atoms with van der Waals surface area (Å²) in [6.07, 6.45) is 2.34. The quantitative estimate of drug-likeness (QED) is 0.852. The number of carbonyl (C=O) groups excluding carboxylic acids is 1. The van der Waals surface area contributed by atoms with Gasteiger partial charge in [-0.15, -0.1) is 0 Å². The third kappa shape index (κ3) is 4.71. The summed E-state index contributed by atoms with van der Waals surface area (Å²) in [6, 6.07) is 2.37. The van der Waals surface area contributed by atoms with Crippen LogP contribution in [0.4, 0.5) is 4.79 Å². The molecular formula is C14H24N2O3. The number of ether oxygens (including phenoxy) is 1. The number of aliphatic hydroxyl groups excluding tert-OH is 1. The predicted octanol–water partition coefficient (Wildman–Crippen LogP) is 2.30. The van der Waals surface area contributed by atoms with E-state index < -0.39 is 5.60 Å². The number of hydrogen-bond acceptors (Lipinski definition) is 4. The number of aliphatic hydroxyl groups is 1. The van der Waals surface area contributed by atoms with Gasteiger partial charge >= 0.3 is 6.09 Å². The zero-order chi connectivity index (χ0) is 14.5. The fourth-order valence-electron chi connectivity index (χ4n) is 2.28. The van der Waals surface area contributed by atoms with Gasteiger partial charge in [-0.25, -0.2) is 4.79 Å². The van der Waals surface area contributed by atoms with Crippen LogP contribution in [0.15, 0.2) is 0 Å². The molecule has 0 aromatic carbocycles. The number of nitrogens with zero attached hydrogens (tertiary/aromatic N) is 2. The molecular weight excluding hydrogens is 244 g/mol. The van der Waals surface area contributed by atoms with Crippen molar-refractivity contribution < 1.29 is 14.6 Å². The SMILES string of the molecule is CC(C)(C)OC(=O)N1CCC(C#N)(CCCO)CC1. The van der Waals surface area contributed by atoms with Crippen molar-refractivity contribution in [2.75, 3.05) is 19.7 Å². The number of hydrogen-bond donors (Lipinski definition) is 1. The summed E-state index contributed by atoms with van der Waals surface area (Å²) in [4.78, 5) is 13.6. The predicted molar refractivity (Wildman–Crippen MR) is 71.4 cm³/mol. The van der Waals surface area contributed by atoms with Gasteiger partial charge in [0.1, 0.15) is 5.60 Å². The normalized spacial score (nSPS) is 18.8. The Kier molecular flexibility index (Phi) is 5.19. The highest BCUT2D eigenvalue weighted by Crippen LogP contribution is 2.35. The van der Waals surface area contributed by atoms with E-state index in [0.717, 1.165) is 0 Å². The Bertz CT molecular complexity index is 347. The lowest BCUT2D eigenvalue weighted by atomic mass is 9.76. The second-order valence-electron chi connectivity index (χ2n) is 6.19. The van der Waals surface area contributed by atoms with E-state index in [4.69, 9.17) is 9.84 Å². The van der Waals surface area contributed by atoms with E-state index in [2.05, 4.69) is 6.07 Å². The van der Waals surface area contributed by atoms with Crippen molar-refractivity contribution in [2.45, 2.75) is 52.1 Å². The molecule has 5 heteroatoms. The van der Waals surface area contributed by atoms with Crippen molar-refractivity contribution >= 4 is 6.09 Å². The van der Waals surface area contributed by atoms with Crippen LogP contribution in [-0.4, -0.2) is 41.4 Å². The molecule has 0 unspecified atom stereocenters. The molecule has 0 radical (unpaired) electrons. The Hall–Kier alpha value is -1.28. The number of rotatable bonds is 3. The molecule has 1 amide bonds. The first kappa shape index (κ1) is 15.8. The molecule has 1 saturated heterocycles. The third-order valence-corrected chi connectivity index (χ3v) is 3.42. The Morgan fingerprint density at radius 1 is 1.42 bits per heavy atom. The molecule has 1 heterocycles. The summed E-state index contributed by atoms with van der Waals surface area (Å²) in [6.45, 7) is 6.74. The number of piperidine rings is 1. The van der Waals surface area contributed by atoms with Gasteiger partial charge in [0.2, 0.25) is 0 Å². The van der Waals surface area contributed by atoms with Crippen LogP contribution < -0.4 is 0 Å². The van der Waals surface area contributed by atoms with Crippen LogP contribution in [0.5, 0.6) is 0 Å². The van der Waals surface area contributed by atoms with E-state index in [9.17, 15) is 10.1 Å². The molecule has 0 aromatic rings. The highest BCUT2D eigenvalue weighted by atomic mass is 16.6. The lowest BCUT2D eigenvalue weighted by molar-refractivity contribution is 0.0138. The summed E-state index contributed by atoms with van der Waals surface area (Å²) < 4.78 is 5.32. The van der Waals surface area contributed by atoms with E-state index in [1.165, 1.54) is 0 Å². The van der Waals surface area contributed by atoms with Gasteiger partial charge in [0, 0.05) is 19.7 Å². The molecule has 1 fully saturated rings. The van der Waals surface area contributed by atoms with Gasteiger partial charge in [-0.2, -0.15) is 5.26 Å². The second-order valence-corrected chi connectivity index (χ2v) is 6.19. The van der Waals surface area contributed by atoms with Crippen molar-refractivity contribution in [2.24, 2.45) is 5.41 Å². The van der Waals surface area contributed by atoms with Crippen molar-refractivity contribution in [3.05, 3.63) is 0 Å². The summed E-state index contributed by atoms with van der Waals surface area (Å²) in [7, 11) is 0. The van der Waals surface area contributed by atoms with Crippen LogP contribution in [0, 0.1) is 16.7 Å². The number of amides is 1. The number of nitriles is 1. The van der Waals surface area contributed by atoms with Gasteiger partial charge in [0.25, 0.3) is 0 Å². The molecule has 0 aliphatic carbocycles. The van der Waals surface area contributed by atoms with Gasteiger partial charge in [0.15, 0.2) is 0 Å². The Morgan fingerprint density at radius 2 is 2.00 bits per heavy atom. The second kappa shape index (κ2) is 6.25. The first-order valence-electron chi connectivity index (χ1n) is 6.82. The molecule has 0 spiro atoms. The average molecular weight is 268 g/mol. The molecule has 5 nitrogen and oxygen atoms in total. The Balaban J connectivity index is 2.52. The minimum Gasteiger partial charge on any atom is -0.444 e. The molecule has 108 valence electrons. The molecule has 0 aromatic heterocycles. The van der Waals surface area contributed by atoms with Crippen LogP contribution in [-0.2, 0) is 4.74 Å². The summed E-state index contributed by atoms with van der Waals surface area (Å²) in [5.74, 6) is 0. The minimum absolute atomic E-state index is 0.110. The zero-order valence-corrected chi connectivity index (χ0v) is 12.1. The molecule has 0 atom stereocenters. The molecule has 1 aliphatic rings. The first-order valence-corrected chi connectivity index (χ1v) is 6.82. The van der Waals surface area contributed by atoms with E-state index in [-0.39, 0.29) is 18.1 Å². The zero-order valence-electron chi connectivity index (χ0n) is 12.1. The van der Waals surface area contributed by atoms with Gasteiger partial charge in [0.05, 0.1) is 11.5 Å². The van der Waals surface area contributed by atoms with Gasteiger partial charge in [-0.1, -0.05) is 0 Å². The van der Waals surface area contributed by atoms with Crippen molar-refractivity contribution in [1.82, 2.24) is 4.90 Å². The van der Waals surface area contributed by atoms with Crippen LogP contribution in [0.1, 0.15) is 46.5 Å². The third-order valence-electron chi connectivity index (χ3n) is 3.42. The lowest BCUT2D eigenvalue weighted by Crippen LogP contribution is -2.44. The molecule has 1 N–H and O–H groups in total. The molecule has 19 heavy (non-hydrogen) atoms. The van der Waals surface area contributed by atoms with Crippen LogP contribution >= 0.6 is 0 Å². The van der Waals surface area contributed by atoms with Crippen molar-refractivity contribution in [3.8, 4) is 6.07 Å². The van der Waals surface area contributed by atoms with E-state index in [1.807, 2.05) is 20.8 Å². The Labute approximate surface area is 115 Å². The minimum atomic E-state index is -0.488. The first-order chi connectivity index (χ1) is 8.82. The largest absolute Gasteiger partial charge is 0.444 e. The molecule has 0 bridgehead atoms. The molecule has 0 saturated carbocycles. The van der Waals surface area contributed by atoms with E-state index in [0.29, 0.717) is 38.8 Å². The van der Waals surface area contributed by atoms with E-state index >= 15 is 0 Å². The number of carbonyl (C=O) groups is 1.